The average Bonchev–Trinajstić information content (AvgIpc) is 4.14. The fourth-order valence-electron chi connectivity index (χ4n) is 9.89. The number of aromatic nitrogens is 5. The molecule has 0 aliphatic carbocycles. The minimum Gasteiger partial charge on any atom is -0.503 e. The number of hydrogen-bond donors (Lipinski definition) is 0. The summed E-state index contributed by atoms with van der Waals surface area (Å²) in [5.41, 5.74) is 13.5. The molecule has 6 nitrogen and oxygen atoms in total. The number of pyridine rings is 1. The molecule has 13 aromatic rings. The van der Waals surface area contributed by atoms with Crippen LogP contribution in [0.3, 0.4) is 0 Å². The number of imidazole rings is 1. The molecule has 0 amide bonds. The number of rotatable bonds is 8. The molecule has 0 spiro atoms. The second-order valence-corrected chi connectivity index (χ2v) is 17.8. The minimum absolute atomic E-state index is 0. The number of benzene rings is 8. The van der Waals surface area contributed by atoms with Gasteiger partial charge < -0.3 is 23.4 Å². The number of hydrogen-bond acceptors (Lipinski definition) is 3. The largest absolute Gasteiger partial charge is 0.503 e. The molecule has 0 fully saturated rings. The smallest absolute Gasteiger partial charge is 0.268 e. The van der Waals surface area contributed by atoms with E-state index in [9.17, 15) is 0 Å². The molecule has 8 heteroatoms. The van der Waals surface area contributed by atoms with Crippen molar-refractivity contribution >= 4 is 76.1 Å². The van der Waals surface area contributed by atoms with Crippen LogP contribution in [0, 0.1) is 18.5 Å². The van der Waals surface area contributed by atoms with Crippen molar-refractivity contribution in [3.8, 4) is 45.5 Å². The molecule has 13 rings (SSSR count). The first kappa shape index (κ1) is 40.9. The molecule has 0 atom stereocenters. The van der Waals surface area contributed by atoms with Crippen LogP contribution in [0.5, 0.6) is 11.5 Å². The molecule has 0 unspecified atom stereocenters. The van der Waals surface area contributed by atoms with E-state index in [1.165, 1.54) is 32.5 Å². The van der Waals surface area contributed by atoms with E-state index in [0.717, 1.165) is 71.8 Å². The molecule has 67 heavy (non-hydrogen) atoms. The van der Waals surface area contributed by atoms with Gasteiger partial charge >= 0.3 is 0 Å². The van der Waals surface area contributed by atoms with Crippen LogP contribution in [0.15, 0.2) is 194 Å². The Morgan fingerprint density at radius 1 is 0.537 bits per heavy atom. The van der Waals surface area contributed by atoms with E-state index < -0.39 is 0 Å². The minimum atomic E-state index is 0. The SMILES string of the molecule is CC(C)c1csc2c(-c3[c-]c(Oc4[c-]c(-n5[c-][n+](-c6c(-n7c8ccccc8c8ccccc87)cccc6-n6c7ccccc7c7ccccc76)c6ccccc65)ccc4)ccc3)nccc12.[Pt]. The van der Waals surface area contributed by atoms with Gasteiger partial charge in [0.1, 0.15) is 5.69 Å². The predicted molar refractivity (Wildman–Crippen MR) is 269 cm³/mol. The molecule has 0 saturated heterocycles. The van der Waals surface area contributed by atoms with E-state index in [-0.39, 0.29) is 21.1 Å². The normalized spacial score (nSPS) is 11.7. The molecule has 0 radical (unpaired) electrons. The topological polar surface area (TPSA) is 40.8 Å². The van der Waals surface area contributed by atoms with Gasteiger partial charge in [-0.15, -0.1) is 35.9 Å². The maximum atomic E-state index is 6.59. The Hall–Kier alpha value is -7.57. The summed E-state index contributed by atoms with van der Waals surface area (Å²) in [6.07, 6.45) is 5.77. The van der Waals surface area contributed by atoms with Crippen LogP contribution in [-0.2, 0) is 21.1 Å². The molecular formula is C59H39N5OPtS-2. The van der Waals surface area contributed by atoms with Gasteiger partial charge in [0, 0.05) is 70.7 Å². The zero-order valence-corrected chi connectivity index (χ0v) is 39.5. The van der Waals surface area contributed by atoms with Crippen LogP contribution in [0.1, 0.15) is 25.3 Å². The van der Waals surface area contributed by atoms with E-state index in [1.54, 1.807) is 11.3 Å². The van der Waals surface area contributed by atoms with Crippen LogP contribution >= 0.6 is 11.3 Å². The third-order valence-electron chi connectivity index (χ3n) is 12.8. The maximum absolute atomic E-state index is 6.59. The van der Waals surface area contributed by atoms with Crippen molar-refractivity contribution < 1.29 is 30.4 Å². The van der Waals surface area contributed by atoms with Gasteiger partial charge in [-0.2, -0.15) is 23.5 Å². The Morgan fingerprint density at radius 3 is 1.66 bits per heavy atom. The zero-order valence-electron chi connectivity index (χ0n) is 36.4. The van der Waals surface area contributed by atoms with Gasteiger partial charge in [-0.1, -0.05) is 123 Å². The van der Waals surface area contributed by atoms with Crippen molar-refractivity contribution in [1.82, 2.24) is 18.7 Å². The average molecular weight is 1060 g/mol. The molecule has 0 aliphatic rings. The Kier molecular flexibility index (Phi) is 10.0. The molecule has 0 bridgehead atoms. The summed E-state index contributed by atoms with van der Waals surface area (Å²) in [4.78, 5) is 4.82. The fraction of sp³-hybridized carbons (Fsp3) is 0.0508. The first-order valence-electron chi connectivity index (χ1n) is 22.2. The number of thiophene rings is 1. The summed E-state index contributed by atoms with van der Waals surface area (Å²) in [5, 5.41) is 8.30. The van der Waals surface area contributed by atoms with Gasteiger partial charge in [-0.3, -0.25) is 4.57 Å². The maximum Gasteiger partial charge on any atom is 0.268 e. The molecule has 0 N–H and O–H groups in total. The second kappa shape index (κ2) is 16.4. The zero-order chi connectivity index (χ0) is 43.9. The molecule has 5 aromatic heterocycles. The van der Waals surface area contributed by atoms with E-state index in [4.69, 9.17) is 9.72 Å². The van der Waals surface area contributed by atoms with Crippen molar-refractivity contribution in [2.45, 2.75) is 19.8 Å². The van der Waals surface area contributed by atoms with Gasteiger partial charge in [0.25, 0.3) is 6.33 Å². The standard InChI is InChI=1S/C59H39N5OS.Pt/c1-38(2)48-36-66-59-47(48)32-33-60-57(59)39-16-13-18-41(34-39)65-42-19-14-17-40(35-42)61-37-62(54-29-12-11-28-53(54)61)58-55(63-49-24-7-3-20-43(49)44-21-4-8-25-50(44)63)30-15-31-56(58)64-51-26-9-5-22-45(51)46-23-6-10-27-52(46)64;/h3-33,36,38H,1-2H3;/q-2;. The van der Waals surface area contributed by atoms with Gasteiger partial charge in [0.15, 0.2) is 0 Å². The summed E-state index contributed by atoms with van der Waals surface area (Å²) in [5.74, 6) is 1.59. The third-order valence-corrected chi connectivity index (χ3v) is 13.8. The van der Waals surface area contributed by atoms with Crippen LogP contribution in [-0.4, -0.2) is 18.7 Å². The van der Waals surface area contributed by atoms with Gasteiger partial charge in [0.05, 0.1) is 44.5 Å². The van der Waals surface area contributed by atoms with Gasteiger partial charge in [-0.05, 0) is 70.4 Å². The van der Waals surface area contributed by atoms with E-state index in [0.29, 0.717) is 17.4 Å². The van der Waals surface area contributed by atoms with Gasteiger partial charge in [0.2, 0.25) is 0 Å². The van der Waals surface area contributed by atoms with E-state index in [1.807, 2.05) is 36.5 Å². The van der Waals surface area contributed by atoms with E-state index in [2.05, 4.69) is 208 Å². The van der Waals surface area contributed by atoms with Crippen molar-refractivity contribution in [3.05, 3.63) is 218 Å². The van der Waals surface area contributed by atoms with Crippen LogP contribution in [0.25, 0.3) is 98.7 Å². The van der Waals surface area contributed by atoms with Crippen LogP contribution in [0.4, 0.5) is 0 Å². The molecule has 0 aliphatic heterocycles. The van der Waals surface area contributed by atoms with Crippen molar-refractivity contribution in [2.75, 3.05) is 0 Å². The molecular weight excluding hydrogens is 1020 g/mol. The summed E-state index contributed by atoms with van der Waals surface area (Å²) in [6.45, 7) is 4.47. The summed E-state index contributed by atoms with van der Waals surface area (Å²) >= 11 is 1.74. The Morgan fingerprint density at radius 2 is 1.06 bits per heavy atom. The van der Waals surface area contributed by atoms with Crippen LogP contribution in [0.2, 0.25) is 0 Å². The quantitative estimate of drug-likeness (QED) is 0.112. The second-order valence-electron chi connectivity index (χ2n) is 17.0. The third kappa shape index (κ3) is 6.56. The number of fused-ring (bicyclic) bond motifs is 8. The summed E-state index contributed by atoms with van der Waals surface area (Å²) in [6, 6.07) is 71.2. The van der Waals surface area contributed by atoms with E-state index >= 15 is 0 Å². The molecule has 5 heterocycles. The fourth-order valence-corrected chi connectivity index (χ4v) is 11.1. The Balaban J connectivity index is 0.00000468. The number of ether oxygens (including phenoxy) is 1. The van der Waals surface area contributed by atoms with Crippen molar-refractivity contribution in [1.29, 1.82) is 0 Å². The van der Waals surface area contributed by atoms with Crippen molar-refractivity contribution in [2.24, 2.45) is 0 Å². The molecule has 0 saturated carbocycles. The molecule has 8 aromatic carbocycles. The van der Waals surface area contributed by atoms with Crippen molar-refractivity contribution in [3.63, 3.8) is 0 Å². The first-order chi connectivity index (χ1) is 32.6. The van der Waals surface area contributed by atoms with Crippen LogP contribution < -0.4 is 9.30 Å². The first-order valence-corrected chi connectivity index (χ1v) is 23.1. The summed E-state index contributed by atoms with van der Waals surface area (Å²) in [7, 11) is 0. The van der Waals surface area contributed by atoms with Gasteiger partial charge in [-0.25, -0.2) is 0 Å². The number of nitrogens with zero attached hydrogens (tertiary/aromatic N) is 5. The Labute approximate surface area is 405 Å². The summed E-state index contributed by atoms with van der Waals surface area (Å²) < 4.78 is 16.9. The predicted octanol–water partition coefficient (Wildman–Crippen LogP) is 14.7. The number of para-hydroxylation sites is 7. The molecule has 324 valence electrons. The monoisotopic (exact) mass is 1060 g/mol. The Bertz CT molecular complexity index is 3800.